The smallest absolute Gasteiger partial charge is 0.245 e. The van der Waals surface area contributed by atoms with E-state index in [2.05, 4.69) is 17.6 Å². The number of rotatable bonds is 3. The third-order valence-corrected chi connectivity index (χ3v) is 9.65. The summed E-state index contributed by atoms with van der Waals surface area (Å²) in [5.41, 5.74) is 5.18. The Labute approximate surface area is 200 Å². The number of anilines is 1. The van der Waals surface area contributed by atoms with Gasteiger partial charge in [0.15, 0.2) is 0 Å². The molecule has 1 fully saturated rings. The minimum atomic E-state index is -3.75. The first-order valence-electron chi connectivity index (χ1n) is 12.3. The van der Waals surface area contributed by atoms with Crippen LogP contribution >= 0.6 is 0 Å². The lowest BCUT2D eigenvalue weighted by atomic mass is 9.94. The largest absolute Gasteiger partial charge is 0.328 e. The van der Waals surface area contributed by atoms with Crippen molar-refractivity contribution in [2.24, 2.45) is 0 Å². The molecule has 3 aliphatic rings. The predicted molar refractivity (Wildman–Crippen MR) is 131 cm³/mol. The van der Waals surface area contributed by atoms with E-state index in [-0.39, 0.29) is 16.8 Å². The topological polar surface area (TPSA) is 75.5 Å². The van der Waals surface area contributed by atoms with Crippen LogP contribution < -0.4 is 4.90 Å². The van der Waals surface area contributed by atoms with E-state index in [0.717, 1.165) is 65.9 Å². The number of sulfonamides is 1. The Morgan fingerprint density at radius 2 is 1.79 bits per heavy atom. The second-order valence-corrected chi connectivity index (χ2v) is 11.8. The Balaban J connectivity index is 1.37. The van der Waals surface area contributed by atoms with Gasteiger partial charge in [-0.25, -0.2) is 13.4 Å². The summed E-state index contributed by atoms with van der Waals surface area (Å²) in [6.45, 7) is 5.36. The van der Waals surface area contributed by atoms with Crippen LogP contribution in [0.25, 0.3) is 11.0 Å². The first-order valence-corrected chi connectivity index (χ1v) is 13.7. The molecule has 2 aromatic carbocycles. The van der Waals surface area contributed by atoms with Crippen LogP contribution in [0.1, 0.15) is 49.6 Å². The maximum atomic E-state index is 14.0. The average molecular weight is 479 g/mol. The molecule has 1 amide bonds. The highest BCUT2D eigenvalue weighted by Gasteiger charge is 2.43. The number of carbonyl (C=O) groups excluding carboxylic acids is 1. The van der Waals surface area contributed by atoms with Crippen molar-refractivity contribution >= 4 is 32.7 Å². The molecule has 7 nitrogen and oxygen atoms in total. The number of fused-ring (bicyclic) bond motifs is 5. The highest BCUT2D eigenvalue weighted by atomic mass is 32.2. The quantitative estimate of drug-likeness (QED) is 0.574. The number of amides is 1. The van der Waals surface area contributed by atoms with E-state index in [4.69, 9.17) is 4.98 Å². The molecule has 0 bridgehead atoms. The summed E-state index contributed by atoms with van der Waals surface area (Å²) < 4.78 is 30.7. The molecule has 34 heavy (non-hydrogen) atoms. The van der Waals surface area contributed by atoms with E-state index < -0.39 is 16.1 Å². The summed E-state index contributed by atoms with van der Waals surface area (Å²) in [4.78, 5) is 21.0. The molecule has 3 aromatic rings. The molecular formula is C26H30N4O3S. The zero-order chi connectivity index (χ0) is 23.6. The number of nitrogens with zero attached hydrogens (tertiary/aromatic N) is 4. The predicted octanol–water partition coefficient (Wildman–Crippen LogP) is 3.81. The standard InChI is InChI=1S/C26H30N4O3S/c1-17-7-10-19(11-8-17)34(32,33)29-16-3-5-23(29)26(31)30-18(2)9-12-20-21(30)13-14-22-25(20)27-24-6-4-15-28(22)24/h7-8,10-11,13-14,18,23H,3-6,9,12,15-16H2,1-2H3/t18-,23+/m0/s1. The number of benzene rings is 2. The van der Waals surface area contributed by atoms with E-state index in [0.29, 0.717) is 19.4 Å². The van der Waals surface area contributed by atoms with Gasteiger partial charge in [-0.1, -0.05) is 17.7 Å². The second-order valence-electron chi connectivity index (χ2n) is 9.90. The fraction of sp³-hybridized carbons (Fsp3) is 0.462. The van der Waals surface area contributed by atoms with Gasteiger partial charge in [-0.2, -0.15) is 4.31 Å². The third kappa shape index (κ3) is 3.22. The number of hydrogen-bond donors (Lipinski definition) is 0. The van der Waals surface area contributed by atoms with E-state index in [1.165, 1.54) is 4.31 Å². The molecule has 0 unspecified atom stereocenters. The number of hydrogen-bond acceptors (Lipinski definition) is 4. The van der Waals surface area contributed by atoms with Crippen molar-refractivity contribution in [2.75, 3.05) is 11.4 Å². The molecule has 1 saturated heterocycles. The van der Waals surface area contributed by atoms with Crippen molar-refractivity contribution in [1.82, 2.24) is 13.9 Å². The van der Waals surface area contributed by atoms with Crippen LogP contribution in [0.15, 0.2) is 41.3 Å². The summed E-state index contributed by atoms with van der Waals surface area (Å²) in [5, 5.41) is 0. The Hall–Kier alpha value is -2.71. The van der Waals surface area contributed by atoms with E-state index in [9.17, 15) is 13.2 Å². The zero-order valence-electron chi connectivity index (χ0n) is 19.7. The Bertz CT molecular complexity index is 1390. The SMILES string of the molecule is Cc1ccc(S(=O)(=O)N2CCC[C@@H]2C(=O)N2c3ccc4c(nc5n4CCC5)c3CC[C@@H]2C)cc1. The zero-order valence-corrected chi connectivity index (χ0v) is 20.5. The molecule has 0 spiro atoms. The van der Waals surface area contributed by atoms with Crippen LogP contribution in [-0.4, -0.2) is 46.8 Å². The molecular weight excluding hydrogens is 448 g/mol. The van der Waals surface area contributed by atoms with Crippen LogP contribution in [0.2, 0.25) is 0 Å². The van der Waals surface area contributed by atoms with E-state index >= 15 is 0 Å². The second kappa shape index (κ2) is 7.92. The maximum Gasteiger partial charge on any atom is 0.245 e. The van der Waals surface area contributed by atoms with Gasteiger partial charge in [0.25, 0.3) is 0 Å². The van der Waals surface area contributed by atoms with Crippen molar-refractivity contribution in [3.05, 3.63) is 53.3 Å². The summed E-state index contributed by atoms with van der Waals surface area (Å²) in [6, 6.07) is 10.3. The van der Waals surface area contributed by atoms with E-state index in [1.807, 2.05) is 17.9 Å². The number of aromatic nitrogens is 2. The molecule has 0 N–H and O–H groups in total. The van der Waals surface area contributed by atoms with Crippen molar-refractivity contribution in [1.29, 1.82) is 0 Å². The molecule has 4 heterocycles. The van der Waals surface area contributed by atoms with Crippen LogP contribution in [0.4, 0.5) is 5.69 Å². The molecule has 3 aliphatic heterocycles. The van der Waals surface area contributed by atoms with Crippen molar-refractivity contribution in [3.8, 4) is 0 Å². The third-order valence-electron chi connectivity index (χ3n) is 7.73. The highest BCUT2D eigenvalue weighted by Crippen LogP contribution is 2.39. The van der Waals surface area contributed by atoms with Gasteiger partial charge in [-0.15, -0.1) is 0 Å². The Kier molecular flexibility index (Phi) is 5.08. The minimum Gasteiger partial charge on any atom is -0.328 e. The van der Waals surface area contributed by atoms with Crippen LogP contribution in [0.5, 0.6) is 0 Å². The lowest BCUT2D eigenvalue weighted by Gasteiger charge is -2.38. The Morgan fingerprint density at radius 3 is 2.59 bits per heavy atom. The Morgan fingerprint density at radius 1 is 1.00 bits per heavy atom. The molecule has 1 aromatic heterocycles. The highest BCUT2D eigenvalue weighted by molar-refractivity contribution is 7.89. The minimum absolute atomic E-state index is 0.0106. The van der Waals surface area contributed by atoms with Crippen LogP contribution in [-0.2, 0) is 34.2 Å². The first-order chi connectivity index (χ1) is 16.4. The van der Waals surface area contributed by atoms with Gasteiger partial charge in [-0.3, -0.25) is 4.79 Å². The van der Waals surface area contributed by atoms with Crippen molar-refractivity contribution in [3.63, 3.8) is 0 Å². The van der Waals surface area contributed by atoms with Gasteiger partial charge in [0.2, 0.25) is 15.9 Å². The fourth-order valence-electron chi connectivity index (χ4n) is 5.93. The van der Waals surface area contributed by atoms with Gasteiger partial charge in [0.1, 0.15) is 11.9 Å². The molecule has 178 valence electrons. The summed E-state index contributed by atoms with van der Waals surface area (Å²) >= 11 is 0. The fourth-order valence-corrected chi connectivity index (χ4v) is 7.58. The molecule has 0 saturated carbocycles. The molecule has 0 aliphatic carbocycles. The van der Waals surface area contributed by atoms with Crippen LogP contribution in [0.3, 0.4) is 0 Å². The molecule has 0 radical (unpaired) electrons. The average Bonchev–Trinajstić information content (AvgIpc) is 3.55. The monoisotopic (exact) mass is 478 g/mol. The van der Waals surface area contributed by atoms with Crippen LogP contribution in [0, 0.1) is 6.92 Å². The number of imidazole rings is 1. The van der Waals surface area contributed by atoms with Gasteiger partial charge in [0.05, 0.1) is 15.9 Å². The van der Waals surface area contributed by atoms with Gasteiger partial charge < -0.3 is 9.47 Å². The van der Waals surface area contributed by atoms with Gasteiger partial charge in [-0.05, 0) is 70.2 Å². The molecule has 2 atom stereocenters. The van der Waals surface area contributed by atoms with Gasteiger partial charge in [0, 0.05) is 36.8 Å². The maximum absolute atomic E-state index is 14.0. The van der Waals surface area contributed by atoms with Gasteiger partial charge >= 0.3 is 0 Å². The lowest BCUT2D eigenvalue weighted by Crippen LogP contribution is -2.52. The van der Waals surface area contributed by atoms with Crippen molar-refractivity contribution < 1.29 is 13.2 Å². The summed E-state index contributed by atoms with van der Waals surface area (Å²) in [6.07, 6.45) is 5.08. The molecule has 8 heteroatoms. The summed E-state index contributed by atoms with van der Waals surface area (Å²) in [7, 11) is -3.75. The van der Waals surface area contributed by atoms with Crippen molar-refractivity contribution in [2.45, 2.75) is 75.9 Å². The van der Waals surface area contributed by atoms with E-state index in [1.54, 1.807) is 24.3 Å². The first kappa shape index (κ1) is 21.8. The summed E-state index contributed by atoms with van der Waals surface area (Å²) in [5.74, 6) is 1.01. The normalized spacial score (nSPS) is 22.8. The lowest BCUT2D eigenvalue weighted by molar-refractivity contribution is -0.122. The number of aryl methyl sites for hydroxylation is 4. The molecule has 6 rings (SSSR count). The number of carbonyl (C=O) groups is 1.